The second-order valence-electron chi connectivity index (χ2n) is 2.42. The van der Waals surface area contributed by atoms with Crippen molar-refractivity contribution in [3.8, 4) is 0 Å². The number of benzene rings is 1. The van der Waals surface area contributed by atoms with Gasteiger partial charge in [0.15, 0.2) is 0 Å². The third kappa shape index (κ3) is 2.66. The van der Waals surface area contributed by atoms with Gasteiger partial charge in [0.2, 0.25) is 7.98 Å². The second kappa shape index (κ2) is 4.44. The molecule has 0 heterocycles. The molecule has 62 valence electrons. The maximum Gasteiger partial charge on any atom is 0.302 e. The third-order valence-corrected chi connectivity index (χ3v) is 1.52. The lowest BCUT2D eigenvalue weighted by Crippen LogP contribution is -2.33. The molecule has 1 aromatic rings. The largest absolute Gasteiger partial charge is 0.389 e. The third-order valence-electron chi connectivity index (χ3n) is 1.52. The van der Waals surface area contributed by atoms with Gasteiger partial charge in [-0.3, -0.25) is 4.79 Å². The Morgan fingerprint density at radius 2 is 2.00 bits per heavy atom. The van der Waals surface area contributed by atoms with E-state index in [-0.39, 0.29) is 6.03 Å². The zero-order valence-electron chi connectivity index (χ0n) is 7.00. The van der Waals surface area contributed by atoms with Crippen LogP contribution >= 0.6 is 0 Å². The Labute approximate surface area is 72.6 Å². The van der Waals surface area contributed by atoms with Gasteiger partial charge >= 0.3 is 6.03 Å². The number of hydrogen-bond donors (Lipinski definition) is 2. The van der Waals surface area contributed by atoms with E-state index in [2.05, 4.69) is 10.5 Å². The molecule has 3 nitrogen and oxygen atoms in total. The first-order chi connectivity index (χ1) is 5.83. The van der Waals surface area contributed by atoms with E-state index in [4.69, 9.17) is 0 Å². The predicted octanol–water partition coefficient (Wildman–Crippen LogP) is 0.0339. The van der Waals surface area contributed by atoms with Crippen molar-refractivity contribution in [2.75, 3.05) is 0 Å². The van der Waals surface area contributed by atoms with E-state index in [0.717, 1.165) is 5.56 Å². The summed E-state index contributed by atoms with van der Waals surface area (Å²) in [4.78, 5) is 10.8. The van der Waals surface area contributed by atoms with Gasteiger partial charge in [0.05, 0.1) is 0 Å². The van der Waals surface area contributed by atoms with Crippen LogP contribution in [0.3, 0.4) is 0 Å². The van der Waals surface area contributed by atoms with Crippen LogP contribution in [0, 0.1) is 0 Å². The monoisotopic (exact) mass is 162 g/mol. The van der Waals surface area contributed by atoms with Gasteiger partial charge in [0.1, 0.15) is 0 Å². The van der Waals surface area contributed by atoms with Crippen LogP contribution < -0.4 is 10.5 Å². The Morgan fingerprint density at radius 3 is 2.58 bits per heavy atom. The molecule has 0 atom stereocenters. The van der Waals surface area contributed by atoms with E-state index < -0.39 is 0 Å². The van der Waals surface area contributed by atoms with Crippen molar-refractivity contribution in [3.05, 3.63) is 35.9 Å². The van der Waals surface area contributed by atoms with Crippen molar-refractivity contribution in [1.29, 1.82) is 0 Å². The molecule has 12 heavy (non-hydrogen) atoms. The molecule has 0 saturated carbocycles. The molecule has 0 aromatic heterocycles. The van der Waals surface area contributed by atoms with E-state index in [1.807, 2.05) is 30.3 Å². The smallest absolute Gasteiger partial charge is 0.302 e. The summed E-state index contributed by atoms with van der Waals surface area (Å²) in [5, 5.41) is 5.18. The van der Waals surface area contributed by atoms with Crippen molar-refractivity contribution in [2.24, 2.45) is 0 Å². The number of rotatable bonds is 2. The van der Waals surface area contributed by atoms with E-state index in [1.54, 1.807) is 7.98 Å². The number of amides is 2. The fourth-order valence-corrected chi connectivity index (χ4v) is 0.867. The molecular weight excluding hydrogens is 151 g/mol. The van der Waals surface area contributed by atoms with E-state index in [1.165, 1.54) is 0 Å². The average molecular weight is 162 g/mol. The number of urea groups is 1. The lowest BCUT2D eigenvalue weighted by molar-refractivity contribution is 0.245. The van der Waals surface area contributed by atoms with E-state index in [0.29, 0.717) is 6.54 Å². The van der Waals surface area contributed by atoms with Gasteiger partial charge in [-0.1, -0.05) is 30.3 Å². The molecule has 0 fully saturated rings. The molecule has 0 spiro atoms. The van der Waals surface area contributed by atoms with Gasteiger partial charge in [-0.15, -0.1) is 0 Å². The maximum absolute atomic E-state index is 10.8. The standard InChI is InChI=1S/C8H11BN2O/c9-11-8(12)10-6-7-4-2-1-3-5-7/h1-5H,6,9H2,(H2,10,11,12). The summed E-state index contributed by atoms with van der Waals surface area (Å²) in [5.41, 5.74) is 1.10. The van der Waals surface area contributed by atoms with Crippen LogP contribution in [-0.4, -0.2) is 14.0 Å². The van der Waals surface area contributed by atoms with Gasteiger partial charge in [-0.05, 0) is 5.56 Å². The lowest BCUT2D eigenvalue weighted by atomic mass is 10.2. The quantitative estimate of drug-likeness (QED) is 0.592. The first-order valence-electron chi connectivity index (χ1n) is 3.82. The second-order valence-corrected chi connectivity index (χ2v) is 2.42. The minimum Gasteiger partial charge on any atom is -0.389 e. The summed E-state index contributed by atoms with van der Waals surface area (Å²) in [7, 11) is 1.60. The van der Waals surface area contributed by atoms with Crippen molar-refractivity contribution >= 4 is 14.0 Å². The summed E-state index contributed by atoms with van der Waals surface area (Å²) in [6.45, 7) is 0.570. The van der Waals surface area contributed by atoms with Gasteiger partial charge in [0, 0.05) is 6.54 Å². The fraction of sp³-hybridized carbons (Fsp3) is 0.125. The molecule has 4 heteroatoms. The summed E-state index contributed by atoms with van der Waals surface area (Å²) in [6.07, 6.45) is 0. The van der Waals surface area contributed by atoms with E-state index >= 15 is 0 Å². The molecule has 0 aliphatic carbocycles. The molecule has 2 N–H and O–H groups in total. The topological polar surface area (TPSA) is 41.1 Å². The first kappa shape index (κ1) is 8.65. The molecule has 0 saturated heterocycles. The number of carbonyl (C=O) groups is 1. The van der Waals surface area contributed by atoms with Crippen molar-refractivity contribution in [3.63, 3.8) is 0 Å². The molecule has 0 unspecified atom stereocenters. The summed E-state index contributed by atoms with van der Waals surface area (Å²) >= 11 is 0. The first-order valence-corrected chi connectivity index (χ1v) is 3.82. The molecule has 1 aromatic carbocycles. The van der Waals surface area contributed by atoms with E-state index in [9.17, 15) is 4.79 Å². The molecular formula is C8H11BN2O. The van der Waals surface area contributed by atoms with Gasteiger partial charge < -0.3 is 10.5 Å². The molecule has 0 bridgehead atoms. The SMILES string of the molecule is BNC(=O)NCc1ccccc1. The van der Waals surface area contributed by atoms with Crippen LogP contribution in [0.5, 0.6) is 0 Å². The Balaban J connectivity index is 2.38. The van der Waals surface area contributed by atoms with Crippen molar-refractivity contribution in [2.45, 2.75) is 6.54 Å². The van der Waals surface area contributed by atoms with Gasteiger partial charge in [-0.25, -0.2) is 0 Å². The molecule has 0 aliphatic heterocycles. The zero-order chi connectivity index (χ0) is 8.81. The normalized spacial score (nSPS) is 9.00. The highest BCUT2D eigenvalue weighted by Gasteiger charge is 1.94. The Hall–Kier alpha value is -1.45. The highest BCUT2D eigenvalue weighted by Crippen LogP contribution is 1.96. The summed E-state index contributed by atoms with van der Waals surface area (Å²) in [5.74, 6) is 0. The van der Waals surface area contributed by atoms with Crippen LogP contribution in [0.1, 0.15) is 5.56 Å². The lowest BCUT2D eigenvalue weighted by Gasteiger charge is -2.03. The number of carbonyl (C=O) groups excluding carboxylic acids is 1. The van der Waals surface area contributed by atoms with Gasteiger partial charge in [-0.2, -0.15) is 0 Å². The molecule has 0 radical (unpaired) electrons. The predicted molar refractivity (Wildman–Crippen MR) is 50.4 cm³/mol. The minimum atomic E-state index is -0.154. The zero-order valence-corrected chi connectivity index (χ0v) is 7.00. The minimum absolute atomic E-state index is 0.154. The van der Waals surface area contributed by atoms with Crippen LogP contribution in [0.2, 0.25) is 0 Å². The Kier molecular flexibility index (Phi) is 3.20. The van der Waals surface area contributed by atoms with Crippen molar-refractivity contribution in [1.82, 2.24) is 10.5 Å². The number of hydrogen-bond acceptors (Lipinski definition) is 1. The molecule has 1 rings (SSSR count). The van der Waals surface area contributed by atoms with Crippen LogP contribution in [0.4, 0.5) is 4.79 Å². The summed E-state index contributed by atoms with van der Waals surface area (Å²) < 4.78 is 0. The maximum atomic E-state index is 10.8. The number of nitrogens with one attached hydrogen (secondary N) is 2. The highest BCUT2D eigenvalue weighted by molar-refractivity contribution is 6.13. The van der Waals surface area contributed by atoms with Crippen LogP contribution in [0.15, 0.2) is 30.3 Å². The molecule has 2 amide bonds. The van der Waals surface area contributed by atoms with Gasteiger partial charge in [0.25, 0.3) is 0 Å². The Bertz CT molecular complexity index is 250. The fourth-order valence-electron chi connectivity index (χ4n) is 0.867. The molecule has 0 aliphatic rings. The van der Waals surface area contributed by atoms with Crippen LogP contribution in [-0.2, 0) is 6.54 Å². The summed E-state index contributed by atoms with van der Waals surface area (Å²) in [6, 6.07) is 9.62. The van der Waals surface area contributed by atoms with Crippen molar-refractivity contribution < 1.29 is 4.79 Å². The van der Waals surface area contributed by atoms with Crippen LogP contribution in [0.25, 0.3) is 0 Å². The average Bonchev–Trinajstić information content (AvgIpc) is 2.16. The Morgan fingerprint density at radius 1 is 1.33 bits per heavy atom. The highest BCUT2D eigenvalue weighted by atomic mass is 16.2.